The van der Waals surface area contributed by atoms with E-state index in [1.54, 1.807) is 17.0 Å². The van der Waals surface area contributed by atoms with Crippen molar-refractivity contribution in [2.45, 2.75) is 45.1 Å². The largest absolute Gasteiger partial charge is 0.494 e. The number of methoxy groups -OCH3 is 1. The molecule has 0 radical (unpaired) electrons. The van der Waals surface area contributed by atoms with Crippen LogP contribution in [-0.4, -0.2) is 36.4 Å². The summed E-state index contributed by atoms with van der Waals surface area (Å²) in [7, 11) is 1.43. The molecule has 1 aliphatic rings. The fourth-order valence-electron chi connectivity index (χ4n) is 3.14. The molecular weight excluding hydrogens is 311 g/mol. The second-order valence-corrected chi connectivity index (χ2v) is 6.39. The van der Waals surface area contributed by atoms with Gasteiger partial charge in [0, 0.05) is 19.0 Å². The molecule has 0 saturated carbocycles. The summed E-state index contributed by atoms with van der Waals surface area (Å²) in [6.07, 6.45) is 3.17. The molecule has 1 aromatic carbocycles. The van der Waals surface area contributed by atoms with Crippen LogP contribution >= 0.6 is 0 Å². The number of primary amides is 1. The maximum absolute atomic E-state index is 13.7. The SMILES string of the molecule is COc1ccc(CCCC(=O)N2C[C@@H](C(N)=O)CC[C@H]2C)cc1F. The van der Waals surface area contributed by atoms with Gasteiger partial charge in [-0.25, -0.2) is 4.39 Å². The maximum Gasteiger partial charge on any atom is 0.222 e. The zero-order valence-electron chi connectivity index (χ0n) is 14.3. The van der Waals surface area contributed by atoms with Gasteiger partial charge in [-0.15, -0.1) is 0 Å². The molecule has 2 atom stereocenters. The van der Waals surface area contributed by atoms with E-state index in [4.69, 9.17) is 10.5 Å². The monoisotopic (exact) mass is 336 g/mol. The van der Waals surface area contributed by atoms with Crippen molar-refractivity contribution in [3.8, 4) is 5.75 Å². The molecule has 0 aliphatic carbocycles. The maximum atomic E-state index is 13.7. The summed E-state index contributed by atoms with van der Waals surface area (Å²) in [5, 5.41) is 0. The molecule has 1 heterocycles. The van der Waals surface area contributed by atoms with Gasteiger partial charge < -0.3 is 15.4 Å². The summed E-state index contributed by atoms with van der Waals surface area (Å²) >= 11 is 0. The van der Waals surface area contributed by atoms with Crippen LogP contribution in [0.3, 0.4) is 0 Å². The van der Waals surface area contributed by atoms with Crippen LogP contribution in [-0.2, 0) is 16.0 Å². The normalized spacial score (nSPS) is 20.7. The minimum atomic E-state index is -0.393. The Labute approximate surface area is 142 Å². The first kappa shape index (κ1) is 18.2. The summed E-state index contributed by atoms with van der Waals surface area (Å²) in [5.74, 6) is -0.735. The van der Waals surface area contributed by atoms with E-state index in [1.807, 2.05) is 6.92 Å². The Morgan fingerprint density at radius 3 is 2.75 bits per heavy atom. The number of carbonyl (C=O) groups excluding carboxylic acids is 2. The number of likely N-dealkylation sites (tertiary alicyclic amines) is 1. The number of carbonyl (C=O) groups is 2. The second-order valence-electron chi connectivity index (χ2n) is 6.39. The number of nitrogens with two attached hydrogens (primary N) is 1. The van der Waals surface area contributed by atoms with Gasteiger partial charge in [-0.1, -0.05) is 6.07 Å². The van der Waals surface area contributed by atoms with Gasteiger partial charge in [-0.3, -0.25) is 9.59 Å². The van der Waals surface area contributed by atoms with Crippen molar-refractivity contribution < 1.29 is 18.7 Å². The summed E-state index contributed by atoms with van der Waals surface area (Å²) in [4.78, 5) is 25.5. The summed E-state index contributed by atoms with van der Waals surface area (Å²) in [5.41, 5.74) is 6.20. The van der Waals surface area contributed by atoms with Crippen LogP contribution in [0, 0.1) is 11.7 Å². The van der Waals surface area contributed by atoms with Crippen molar-refractivity contribution >= 4 is 11.8 Å². The Kier molecular flexibility index (Phi) is 6.17. The molecule has 1 aromatic rings. The molecule has 1 aliphatic heterocycles. The molecule has 2 N–H and O–H groups in total. The molecule has 24 heavy (non-hydrogen) atoms. The molecule has 132 valence electrons. The zero-order chi connectivity index (χ0) is 17.7. The van der Waals surface area contributed by atoms with E-state index < -0.39 is 5.82 Å². The van der Waals surface area contributed by atoms with Crippen LogP contribution in [0.4, 0.5) is 4.39 Å². The Balaban J connectivity index is 1.86. The average molecular weight is 336 g/mol. The Morgan fingerprint density at radius 2 is 2.12 bits per heavy atom. The van der Waals surface area contributed by atoms with Crippen LogP contribution < -0.4 is 10.5 Å². The van der Waals surface area contributed by atoms with Gasteiger partial charge in [0.2, 0.25) is 11.8 Å². The Hall–Kier alpha value is -2.11. The van der Waals surface area contributed by atoms with Gasteiger partial charge in [0.25, 0.3) is 0 Å². The fraction of sp³-hybridized carbons (Fsp3) is 0.556. The molecule has 0 unspecified atom stereocenters. The molecule has 2 amide bonds. The van der Waals surface area contributed by atoms with E-state index in [1.165, 1.54) is 13.2 Å². The zero-order valence-corrected chi connectivity index (χ0v) is 14.3. The van der Waals surface area contributed by atoms with Crippen LogP contribution in [0.1, 0.15) is 38.2 Å². The molecule has 1 fully saturated rings. The summed E-state index contributed by atoms with van der Waals surface area (Å²) < 4.78 is 18.5. The highest BCUT2D eigenvalue weighted by molar-refractivity contribution is 5.80. The number of benzene rings is 1. The lowest BCUT2D eigenvalue weighted by Crippen LogP contribution is -2.48. The van der Waals surface area contributed by atoms with Crippen LogP contribution in [0.15, 0.2) is 18.2 Å². The predicted octanol–water partition coefficient (Wildman–Crippen LogP) is 2.27. The number of piperidine rings is 1. The minimum absolute atomic E-state index is 0.0300. The first-order valence-electron chi connectivity index (χ1n) is 8.33. The van der Waals surface area contributed by atoms with Crippen molar-refractivity contribution in [3.63, 3.8) is 0 Å². The third kappa shape index (κ3) is 4.46. The molecule has 5 nitrogen and oxygen atoms in total. The smallest absolute Gasteiger partial charge is 0.222 e. The van der Waals surface area contributed by atoms with Crippen molar-refractivity contribution in [1.82, 2.24) is 4.90 Å². The highest BCUT2D eigenvalue weighted by atomic mass is 19.1. The van der Waals surface area contributed by atoms with Crippen molar-refractivity contribution in [1.29, 1.82) is 0 Å². The van der Waals surface area contributed by atoms with Crippen LogP contribution in [0.25, 0.3) is 0 Å². The van der Waals surface area contributed by atoms with Gasteiger partial charge >= 0.3 is 0 Å². The van der Waals surface area contributed by atoms with E-state index in [0.717, 1.165) is 18.4 Å². The number of rotatable bonds is 6. The first-order chi connectivity index (χ1) is 11.4. The highest BCUT2D eigenvalue weighted by Gasteiger charge is 2.31. The number of amides is 2. The Bertz CT molecular complexity index is 606. The van der Waals surface area contributed by atoms with E-state index in [9.17, 15) is 14.0 Å². The molecule has 0 spiro atoms. The number of halogens is 1. The second kappa shape index (κ2) is 8.13. The number of ether oxygens (including phenoxy) is 1. The van der Waals surface area contributed by atoms with Gasteiger partial charge in [0.1, 0.15) is 0 Å². The standard InChI is InChI=1S/C18H25FN2O3/c1-12-6-8-14(18(20)23)11-21(12)17(22)5-3-4-13-7-9-16(24-2)15(19)10-13/h7,9-10,12,14H,3-6,8,11H2,1-2H3,(H2,20,23)/t12-,14+/m1/s1. The van der Waals surface area contributed by atoms with Crippen molar-refractivity contribution in [2.24, 2.45) is 11.7 Å². The lowest BCUT2D eigenvalue weighted by atomic mass is 9.92. The quantitative estimate of drug-likeness (QED) is 0.866. The molecule has 6 heteroatoms. The number of nitrogens with zero attached hydrogens (tertiary/aromatic N) is 1. The number of hydrogen-bond acceptors (Lipinski definition) is 3. The highest BCUT2D eigenvalue weighted by Crippen LogP contribution is 2.23. The van der Waals surface area contributed by atoms with E-state index in [2.05, 4.69) is 0 Å². The van der Waals surface area contributed by atoms with E-state index in [0.29, 0.717) is 25.8 Å². The topological polar surface area (TPSA) is 72.6 Å². The summed E-state index contributed by atoms with van der Waals surface area (Å²) in [6.45, 7) is 2.40. The van der Waals surface area contributed by atoms with Crippen molar-refractivity contribution in [3.05, 3.63) is 29.6 Å². The lowest BCUT2D eigenvalue weighted by molar-refractivity contribution is -0.137. The fourth-order valence-corrected chi connectivity index (χ4v) is 3.14. The third-order valence-electron chi connectivity index (χ3n) is 4.68. The number of aryl methyl sites for hydroxylation is 1. The van der Waals surface area contributed by atoms with Gasteiger partial charge in [-0.05, 0) is 50.3 Å². The summed E-state index contributed by atoms with van der Waals surface area (Å²) in [6, 6.07) is 4.97. The molecular formula is C18H25FN2O3. The first-order valence-corrected chi connectivity index (χ1v) is 8.33. The van der Waals surface area contributed by atoms with E-state index in [-0.39, 0.29) is 29.5 Å². The molecule has 2 rings (SSSR count). The number of hydrogen-bond donors (Lipinski definition) is 1. The molecule has 0 aromatic heterocycles. The lowest BCUT2D eigenvalue weighted by Gasteiger charge is -2.37. The van der Waals surface area contributed by atoms with Crippen molar-refractivity contribution in [2.75, 3.05) is 13.7 Å². The van der Waals surface area contributed by atoms with Gasteiger partial charge in [0.05, 0.1) is 13.0 Å². The molecule has 1 saturated heterocycles. The van der Waals surface area contributed by atoms with Crippen LogP contribution in [0.5, 0.6) is 5.75 Å². The Morgan fingerprint density at radius 1 is 1.38 bits per heavy atom. The van der Waals surface area contributed by atoms with Crippen LogP contribution in [0.2, 0.25) is 0 Å². The minimum Gasteiger partial charge on any atom is -0.494 e. The van der Waals surface area contributed by atoms with Gasteiger partial charge in [0.15, 0.2) is 11.6 Å². The third-order valence-corrected chi connectivity index (χ3v) is 4.68. The average Bonchev–Trinajstić information content (AvgIpc) is 2.55. The predicted molar refractivity (Wildman–Crippen MR) is 89.0 cm³/mol. The molecule has 0 bridgehead atoms. The van der Waals surface area contributed by atoms with Gasteiger partial charge in [-0.2, -0.15) is 0 Å². The van der Waals surface area contributed by atoms with E-state index >= 15 is 0 Å².